The van der Waals surface area contributed by atoms with E-state index in [2.05, 4.69) is 4.90 Å². The van der Waals surface area contributed by atoms with Gasteiger partial charge in [0.05, 0.1) is 12.1 Å². The monoisotopic (exact) mass is 279 g/mol. The Morgan fingerprint density at radius 2 is 2.00 bits per heavy atom. The van der Waals surface area contributed by atoms with Crippen LogP contribution < -0.4 is 4.90 Å². The van der Waals surface area contributed by atoms with Crippen LogP contribution in [0.4, 0.5) is 10.1 Å². The van der Waals surface area contributed by atoms with E-state index >= 15 is 0 Å². The molecule has 2 fully saturated rings. The Hall–Kier alpha value is -1.13. The number of nitrogens with zero attached hydrogens (tertiary/aromatic N) is 1. The first-order chi connectivity index (χ1) is 9.61. The quantitative estimate of drug-likeness (QED) is 0.903. The van der Waals surface area contributed by atoms with Crippen molar-refractivity contribution in [1.82, 2.24) is 0 Å². The van der Waals surface area contributed by atoms with Crippen LogP contribution in [-0.4, -0.2) is 36.5 Å². The molecule has 0 amide bonds. The maximum absolute atomic E-state index is 13.0. The Morgan fingerprint density at radius 1 is 1.25 bits per heavy atom. The maximum Gasteiger partial charge on any atom is 0.123 e. The van der Waals surface area contributed by atoms with E-state index in [1.54, 1.807) is 12.1 Å². The maximum atomic E-state index is 13.0. The van der Waals surface area contributed by atoms with Gasteiger partial charge in [0.1, 0.15) is 11.4 Å². The third kappa shape index (κ3) is 2.31. The normalized spacial score (nSPS) is 33.5. The molecule has 1 aliphatic heterocycles. The van der Waals surface area contributed by atoms with Crippen LogP contribution in [0.2, 0.25) is 0 Å². The minimum Gasteiger partial charge on any atom is -0.385 e. The first-order valence-corrected chi connectivity index (χ1v) is 7.43. The molecule has 1 aromatic carbocycles. The van der Waals surface area contributed by atoms with Gasteiger partial charge in [0, 0.05) is 19.3 Å². The predicted molar refractivity (Wildman–Crippen MR) is 76.4 cm³/mol. The van der Waals surface area contributed by atoms with E-state index in [-0.39, 0.29) is 18.0 Å². The van der Waals surface area contributed by atoms with Gasteiger partial charge in [-0.1, -0.05) is 12.8 Å². The van der Waals surface area contributed by atoms with Gasteiger partial charge in [-0.25, -0.2) is 4.39 Å². The van der Waals surface area contributed by atoms with Crippen LogP contribution in [0.3, 0.4) is 0 Å². The number of benzene rings is 1. The fourth-order valence-electron chi connectivity index (χ4n) is 3.71. The van der Waals surface area contributed by atoms with E-state index < -0.39 is 5.60 Å². The molecule has 0 radical (unpaired) electrons. The van der Waals surface area contributed by atoms with Gasteiger partial charge < -0.3 is 14.7 Å². The fourth-order valence-corrected chi connectivity index (χ4v) is 3.71. The number of aliphatic hydroxyl groups is 1. The summed E-state index contributed by atoms with van der Waals surface area (Å²) in [6.07, 6.45) is 4.64. The summed E-state index contributed by atoms with van der Waals surface area (Å²) >= 11 is 0. The molecule has 3 rings (SSSR count). The SMILES string of the molecule is CN(c1ccc(F)cc1)[C@@H]1CCO[C@H]2CCCC[C@@]21O. The number of halogens is 1. The Morgan fingerprint density at radius 3 is 2.75 bits per heavy atom. The predicted octanol–water partition coefficient (Wildman–Crippen LogP) is 2.72. The van der Waals surface area contributed by atoms with Gasteiger partial charge in [-0.15, -0.1) is 0 Å². The Kier molecular flexibility index (Phi) is 3.69. The minimum absolute atomic E-state index is 0.0343. The van der Waals surface area contributed by atoms with Gasteiger partial charge in [0.15, 0.2) is 0 Å². The number of anilines is 1. The molecule has 1 aromatic rings. The van der Waals surface area contributed by atoms with E-state index in [0.29, 0.717) is 6.61 Å². The molecule has 4 heteroatoms. The molecule has 1 N–H and O–H groups in total. The molecule has 3 atom stereocenters. The van der Waals surface area contributed by atoms with E-state index in [0.717, 1.165) is 37.8 Å². The van der Waals surface area contributed by atoms with E-state index in [4.69, 9.17) is 4.74 Å². The van der Waals surface area contributed by atoms with Crippen molar-refractivity contribution in [2.45, 2.75) is 49.9 Å². The van der Waals surface area contributed by atoms with Crippen LogP contribution >= 0.6 is 0 Å². The van der Waals surface area contributed by atoms with Gasteiger partial charge in [-0.2, -0.15) is 0 Å². The van der Waals surface area contributed by atoms with Crippen molar-refractivity contribution in [3.05, 3.63) is 30.1 Å². The summed E-state index contributed by atoms with van der Waals surface area (Å²) in [7, 11) is 1.98. The lowest BCUT2D eigenvalue weighted by molar-refractivity contribution is -0.173. The number of likely N-dealkylation sites (N-methyl/N-ethyl adjacent to an activating group) is 1. The van der Waals surface area contributed by atoms with Crippen molar-refractivity contribution >= 4 is 5.69 Å². The lowest BCUT2D eigenvalue weighted by atomic mass is 9.74. The van der Waals surface area contributed by atoms with Crippen LogP contribution in [0.25, 0.3) is 0 Å². The smallest absolute Gasteiger partial charge is 0.123 e. The number of hydrogen-bond donors (Lipinski definition) is 1. The zero-order valence-corrected chi connectivity index (χ0v) is 11.9. The Bertz CT molecular complexity index is 462. The first kappa shape index (κ1) is 13.8. The van der Waals surface area contributed by atoms with Crippen molar-refractivity contribution in [1.29, 1.82) is 0 Å². The Balaban J connectivity index is 1.85. The van der Waals surface area contributed by atoms with Gasteiger partial charge in [0.2, 0.25) is 0 Å². The summed E-state index contributed by atoms with van der Waals surface area (Å²) in [5.74, 6) is -0.233. The molecule has 2 aliphatic rings. The van der Waals surface area contributed by atoms with Crippen molar-refractivity contribution in [3.8, 4) is 0 Å². The van der Waals surface area contributed by atoms with Gasteiger partial charge in [0.25, 0.3) is 0 Å². The molecule has 1 saturated carbocycles. The van der Waals surface area contributed by atoms with E-state index in [1.807, 2.05) is 7.05 Å². The number of hydrogen-bond acceptors (Lipinski definition) is 3. The number of rotatable bonds is 2. The molecular weight excluding hydrogens is 257 g/mol. The molecule has 1 saturated heterocycles. The van der Waals surface area contributed by atoms with Crippen molar-refractivity contribution in [3.63, 3.8) is 0 Å². The largest absolute Gasteiger partial charge is 0.385 e. The molecule has 0 spiro atoms. The summed E-state index contributed by atoms with van der Waals surface area (Å²) in [6, 6.07) is 6.51. The first-order valence-electron chi connectivity index (χ1n) is 7.43. The van der Waals surface area contributed by atoms with Crippen LogP contribution in [0.5, 0.6) is 0 Å². The summed E-state index contributed by atoms with van der Waals surface area (Å²) in [5, 5.41) is 11.1. The van der Waals surface area contributed by atoms with E-state index in [9.17, 15) is 9.50 Å². The van der Waals surface area contributed by atoms with Crippen molar-refractivity contribution < 1.29 is 14.2 Å². The lowest BCUT2D eigenvalue weighted by Crippen LogP contribution is -2.63. The Labute approximate surface area is 119 Å². The highest BCUT2D eigenvalue weighted by molar-refractivity contribution is 5.47. The van der Waals surface area contributed by atoms with Crippen LogP contribution in [0.1, 0.15) is 32.1 Å². The van der Waals surface area contributed by atoms with E-state index in [1.165, 1.54) is 12.1 Å². The van der Waals surface area contributed by atoms with Gasteiger partial charge >= 0.3 is 0 Å². The van der Waals surface area contributed by atoms with Gasteiger partial charge in [-0.3, -0.25) is 0 Å². The summed E-state index contributed by atoms with van der Waals surface area (Å²) in [6.45, 7) is 0.684. The molecule has 0 unspecified atom stereocenters. The highest BCUT2D eigenvalue weighted by Gasteiger charge is 2.50. The van der Waals surface area contributed by atoms with Gasteiger partial charge in [-0.05, 0) is 43.5 Å². The second kappa shape index (κ2) is 5.34. The van der Waals surface area contributed by atoms with Crippen molar-refractivity contribution in [2.24, 2.45) is 0 Å². The average molecular weight is 279 g/mol. The minimum atomic E-state index is -0.778. The zero-order valence-electron chi connectivity index (χ0n) is 11.9. The number of fused-ring (bicyclic) bond motifs is 1. The van der Waals surface area contributed by atoms with Crippen LogP contribution in [0, 0.1) is 5.82 Å². The standard InChI is InChI=1S/C16H22FNO2/c1-18(13-7-5-12(17)6-8-13)14-9-11-20-15-4-2-3-10-16(14,15)19/h5-8,14-15,19H,2-4,9-11H2,1H3/t14-,15+,16+/m1/s1. The van der Waals surface area contributed by atoms with Crippen LogP contribution in [-0.2, 0) is 4.74 Å². The topological polar surface area (TPSA) is 32.7 Å². The molecule has 1 aliphatic carbocycles. The molecular formula is C16H22FNO2. The number of ether oxygens (including phenoxy) is 1. The van der Waals surface area contributed by atoms with Crippen molar-refractivity contribution in [2.75, 3.05) is 18.6 Å². The fraction of sp³-hybridized carbons (Fsp3) is 0.625. The third-order valence-corrected chi connectivity index (χ3v) is 4.84. The molecule has 0 aromatic heterocycles. The summed E-state index contributed by atoms with van der Waals surface area (Å²) in [5.41, 5.74) is 0.163. The second-order valence-corrected chi connectivity index (χ2v) is 5.99. The van der Waals surface area contributed by atoms with Crippen LogP contribution in [0.15, 0.2) is 24.3 Å². The highest BCUT2D eigenvalue weighted by Crippen LogP contribution is 2.40. The summed E-state index contributed by atoms with van der Waals surface area (Å²) < 4.78 is 18.8. The molecule has 110 valence electrons. The summed E-state index contributed by atoms with van der Waals surface area (Å²) in [4.78, 5) is 2.08. The molecule has 1 heterocycles. The molecule has 3 nitrogen and oxygen atoms in total. The molecule has 0 bridgehead atoms. The zero-order chi connectivity index (χ0) is 14.2. The third-order valence-electron chi connectivity index (χ3n) is 4.84. The molecule has 20 heavy (non-hydrogen) atoms. The average Bonchev–Trinajstić information content (AvgIpc) is 2.46. The second-order valence-electron chi connectivity index (χ2n) is 5.99. The highest BCUT2D eigenvalue weighted by atomic mass is 19.1. The lowest BCUT2D eigenvalue weighted by Gasteiger charge is -2.51.